The first kappa shape index (κ1) is 13.2. The van der Waals surface area contributed by atoms with Gasteiger partial charge in [-0.1, -0.05) is 18.2 Å². The minimum Gasteiger partial charge on any atom is -0.454 e. The van der Waals surface area contributed by atoms with Crippen LogP contribution >= 0.6 is 11.3 Å². The molecule has 4 heteroatoms. The average Bonchev–Trinajstić information content (AvgIpc) is 3.08. The summed E-state index contributed by atoms with van der Waals surface area (Å²) >= 11 is 1.76. The van der Waals surface area contributed by atoms with Crippen LogP contribution in [0.25, 0.3) is 6.08 Å². The van der Waals surface area contributed by atoms with E-state index < -0.39 is 0 Å². The molecular formula is C16H17NO2S. The predicted octanol–water partition coefficient (Wildman–Crippen LogP) is 3.62. The van der Waals surface area contributed by atoms with Gasteiger partial charge in [0.2, 0.25) is 6.79 Å². The SMILES string of the molecule is CN(C/C=C/c1cccs1)Cc1ccc2c(c1)OCO2. The summed E-state index contributed by atoms with van der Waals surface area (Å²) in [4.78, 5) is 3.56. The average molecular weight is 287 g/mol. The van der Waals surface area contributed by atoms with Gasteiger partial charge in [-0.05, 0) is 42.3 Å². The quantitative estimate of drug-likeness (QED) is 0.838. The molecular weight excluding hydrogens is 270 g/mol. The van der Waals surface area contributed by atoms with E-state index in [1.165, 1.54) is 10.4 Å². The summed E-state index contributed by atoms with van der Waals surface area (Å²) < 4.78 is 10.7. The molecule has 20 heavy (non-hydrogen) atoms. The molecule has 0 aliphatic carbocycles. The molecule has 0 amide bonds. The zero-order valence-electron chi connectivity index (χ0n) is 11.4. The Kier molecular flexibility index (Phi) is 4.04. The minimum atomic E-state index is 0.332. The largest absolute Gasteiger partial charge is 0.454 e. The predicted molar refractivity (Wildman–Crippen MR) is 82.3 cm³/mol. The lowest BCUT2D eigenvalue weighted by Gasteiger charge is -2.14. The normalized spacial score (nSPS) is 13.5. The number of likely N-dealkylation sites (N-methyl/N-ethyl adjacent to an activating group) is 1. The fraction of sp³-hybridized carbons (Fsp3) is 0.250. The van der Waals surface area contributed by atoms with Crippen molar-refractivity contribution in [2.45, 2.75) is 6.54 Å². The van der Waals surface area contributed by atoms with E-state index in [2.05, 4.69) is 53.7 Å². The number of rotatable bonds is 5. The summed E-state index contributed by atoms with van der Waals surface area (Å²) in [6, 6.07) is 10.3. The van der Waals surface area contributed by atoms with Gasteiger partial charge in [0.25, 0.3) is 0 Å². The van der Waals surface area contributed by atoms with Crippen molar-refractivity contribution in [2.24, 2.45) is 0 Å². The lowest BCUT2D eigenvalue weighted by molar-refractivity contribution is 0.174. The second kappa shape index (κ2) is 6.11. The third kappa shape index (κ3) is 3.21. The van der Waals surface area contributed by atoms with Crippen molar-refractivity contribution in [3.8, 4) is 11.5 Å². The molecule has 0 spiro atoms. The highest BCUT2D eigenvalue weighted by Gasteiger charge is 2.13. The van der Waals surface area contributed by atoms with Crippen molar-refractivity contribution in [1.82, 2.24) is 4.90 Å². The van der Waals surface area contributed by atoms with Crippen molar-refractivity contribution in [3.63, 3.8) is 0 Å². The van der Waals surface area contributed by atoms with Gasteiger partial charge in [0.1, 0.15) is 0 Å². The van der Waals surface area contributed by atoms with Gasteiger partial charge in [0.15, 0.2) is 11.5 Å². The topological polar surface area (TPSA) is 21.7 Å². The molecule has 0 fully saturated rings. The highest BCUT2D eigenvalue weighted by molar-refractivity contribution is 7.10. The zero-order chi connectivity index (χ0) is 13.8. The van der Waals surface area contributed by atoms with Gasteiger partial charge in [-0.3, -0.25) is 4.90 Å². The minimum absolute atomic E-state index is 0.332. The van der Waals surface area contributed by atoms with E-state index in [0.29, 0.717) is 6.79 Å². The number of hydrogen-bond donors (Lipinski definition) is 0. The van der Waals surface area contributed by atoms with Crippen LogP contribution in [0.5, 0.6) is 11.5 Å². The highest BCUT2D eigenvalue weighted by atomic mass is 32.1. The third-order valence-corrected chi connectivity index (χ3v) is 3.97. The van der Waals surface area contributed by atoms with Crippen LogP contribution in [-0.4, -0.2) is 25.3 Å². The zero-order valence-corrected chi connectivity index (χ0v) is 12.2. The molecule has 0 atom stereocenters. The molecule has 1 aromatic heterocycles. The molecule has 1 aliphatic rings. The van der Waals surface area contributed by atoms with Crippen molar-refractivity contribution >= 4 is 17.4 Å². The monoisotopic (exact) mass is 287 g/mol. The molecule has 0 saturated heterocycles. The van der Waals surface area contributed by atoms with Gasteiger partial charge >= 0.3 is 0 Å². The van der Waals surface area contributed by atoms with Gasteiger partial charge in [-0.15, -0.1) is 11.3 Å². The molecule has 1 aliphatic heterocycles. The Morgan fingerprint density at radius 1 is 1.25 bits per heavy atom. The molecule has 0 radical (unpaired) electrons. The summed E-state index contributed by atoms with van der Waals surface area (Å²) in [7, 11) is 2.11. The van der Waals surface area contributed by atoms with Crippen LogP contribution < -0.4 is 9.47 Å². The van der Waals surface area contributed by atoms with Crippen molar-refractivity contribution in [3.05, 3.63) is 52.2 Å². The van der Waals surface area contributed by atoms with Crippen molar-refractivity contribution in [1.29, 1.82) is 0 Å². The van der Waals surface area contributed by atoms with E-state index in [4.69, 9.17) is 9.47 Å². The molecule has 0 saturated carbocycles. The summed E-state index contributed by atoms with van der Waals surface area (Å²) in [5, 5.41) is 2.09. The highest BCUT2D eigenvalue weighted by Crippen LogP contribution is 2.32. The molecule has 2 aromatic rings. The van der Waals surface area contributed by atoms with Crippen LogP contribution in [0.4, 0.5) is 0 Å². The molecule has 3 rings (SSSR count). The van der Waals surface area contributed by atoms with Crippen LogP contribution in [0.1, 0.15) is 10.4 Å². The first-order valence-electron chi connectivity index (χ1n) is 6.58. The number of fused-ring (bicyclic) bond motifs is 1. The van der Waals surface area contributed by atoms with Gasteiger partial charge in [-0.25, -0.2) is 0 Å². The number of ether oxygens (including phenoxy) is 2. The van der Waals surface area contributed by atoms with Crippen LogP contribution in [0.3, 0.4) is 0 Å². The lowest BCUT2D eigenvalue weighted by Crippen LogP contribution is -2.17. The van der Waals surface area contributed by atoms with Crippen LogP contribution in [0.2, 0.25) is 0 Å². The number of thiophene rings is 1. The molecule has 0 unspecified atom stereocenters. The molecule has 0 N–H and O–H groups in total. The maximum Gasteiger partial charge on any atom is 0.231 e. The molecule has 1 aromatic carbocycles. The summed E-state index contributed by atoms with van der Waals surface area (Å²) in [6.07, 6.45) is 4.36. The van der Waals surface area contributed by atoms with Crippen LogP contribution in [0, 0.1) is 0 Å². The fourth-order valence-electron chi connectivity index (χ4n) is 2.15. The maximum atomic E-state index is 5.40. The fourth-order valence-corrected chi connectivity index (χ4v) is 2.80. The first-order chi connectivity index (χ1) is 9.81. The van der Waals surface area contributed by atoms with E-state index >= 15 is 0 Å². The van der Waals surface area contributed by atoms with E-state index in [-0.39, 0.29) is 0 Å². The number of hydrogen-bond acceptors (Lipinski definition) is 4. The van der Waals surface area contributed by atoms with E-state index in [9.17, 15) is 0 Å². The molecule has 2 heterocycles. The lowest BCUT2D eigenvalue weighted by atomic mass is 10.2. The van der Waals surface area contributed by atoms with Gasteiger partial charge in [0, 0.05) is 18.0 Å². The van der Waals surface area contributed by atoms with Crippen molar-refractivity contribution in [2.75, 3.05) is 20.4 Å². The molecule has 104 valence electrons. The first-order valence-corrected chi connectivity index (χ1v) is 7.46. The van der Waals surface area contributed by atoms with Crippen molar-refractivity contribution < 1.29 is 9.47 Å². The Morgan fingerprint density at radius 3 is 3.00 bits per heavy atom. The second-order valence-corrected chi connectivity index (χ2v) is 5.78. The smallest absolute Gasteiger partial charge is 0.231 e. The van der Waals surface area contributed by atoms with E-state index in [0.717, 1.165) is 24.6 Å². The van der Waals surface area contributed by atoms with E-state index in [1.807, 2.05) is 6.07 Å². The third-order valence-electron chi connectivity index (χ3n) is 3.13. The summed E-state index contributed by atoms with van der Waals surface area (Å²) in [5.41, 5.74) is 1.24. The molecule has 3 nitrogen and oxygen atoms in total. The Labute approximate surface area is 123 Å². The number of benzene rings is 1. The Morgan fingerprint density at radius 2 is 2.15 bits per heavy atom. The molecule has 0 bridgehead atoms. The van der Waals surface area contributed by atoms with Gasteiger partial charge in [0.05, 0.1) is 0 Å². The van der Waals surface area contributed by atoms with E-state index in [1.54, 1.807) is 11.3 Å². The Balaban J connectivity index is 1.55. The van der Waals surface area contributed by atoms with Gasteiger partial charge in [-0.2, -0.15) is 0 Å². The Hall–Kier alpha value is -1.78. The summed E-state index contributed by atoms with van der Waals surface area (Å²) in [6.45, 7) is 2.15. The second-order valence-electron chi connectivity index (χ2n) is 4.80. The summed E-state index contributed by atoms with van der Waals surface area (Å²) in [5.74, 6) is 1.69. The van der Waals surface area contributed by atoms with Crippen LogP contribution in [0.15, 0.2) is 41.8 Å². The maximum absolute atomic E-state index is 5.40. The standard InChI is InChI=1S/C16H17NO2S/c1-17(8-2-4-14-5-3-9-20-14)11-13-6-7-15-16(10-13)19-12-18-15/h2-7,9-10H,8,11-12H2,1H3/b4-2+. The Bertz CT molecular complexity index is 593. The number of nitrogens with zero attached hydrogens (tertiary/aromatic N) is 1. The van der Waals surface area contributed by atoms with Gasteiger partial charge < -0.3 is 9.47 Å². The van der Waals surface area contributed by atoms with Crippen LogP contribution in [-0.2, 0) is 6.54 Å².